The minimum absolute atomic E-state index is 0.0835. The summed E-state index contributed by atoms with van der Waals surface area (Å²) in [5.74, 6) is 0. The second-order valence-electron chi connectivity index (χ2n) is 6.53. The average Bonchev–Trinajstić information content (AvgIpc) is 2.56. The van der Waals surface area contributed by atoms with Gasteiger partial charge in [-0.05, 0) is 25.8 Å². The molecule has 0 spiro atoms. The molecule has 0 saturated carbocycles. The number of hydrogen-bond acceptors (Lipinski definition) is 3. The van der Waals surface area contributed by atoms with Crippen LogP contribution in [0, 0.1) is 0 Å². The van der Waals surface area contributed by atoms with Gasteiger partial charge in [0.15, 0.2) is 0 Å². The summed E-state index contributed by atoms with van der Waals surface area (Å²) in [5, 5.41) is 14.8. The third kappa shape index (κ3) is 3.32. The Labute approximate surface area is 142 Å². The molecule has 0 bridgehead atoms. The maximum absolute atomic E-state index is 12.7. The third-order valence-corrected chi connectivity index (χ3v) is 5.31. The van der Waals surface area contributed by atoms with Crippen LogP contribution >= 0.6 is 11.6 Å². The van der Waals surface area contributed by atoms with E-state index in [2.05, 4.69) is 12.2 Å². The van der Waals surface area contributed by atoms with Gasteiger partial charge in [-0.25, -0.2) is 4.79 Å². The molecule has 0 aliphatic carbocycles. The van der Waals surface area contributed by atoms with Crippen molar-refractivity contribution in [1.29, 1.82) is 0 Å². The topological polar surface area (TPSA) is 55.8 Å². The van der Waals surface area contributed by atoms with E-state index < -0.39 is 5.60 Å². The first-order chi connectivity index (χ1) is 11.0. The molecule has 2 aliphatic heterocycles. The highest BCUT2D eigenvalue weighted by Gasteiger charge is 2.38. The standard InChI is InChI=1S/C17H24ClN3O2/c1-13-12-19-8-11-21(13)16(22)20-9-6-17(23,7-10-20)14-4-2-3-5-15(14)18/h2-5,13,19,23H,6-12H2,1H3. The average molecular weight is 338 g/mol. The van der Waals surface area contributed by atoms with Crippen molar-refractivity contribution in [2.45, 2.75) is 31.4 Å². The molecule has 0 radical (unpaired) electrons. The van der Waals surface area contributed by atoms with E-state index in [4.69, 9.17) is 11.6 Å². The fourth-order valence-electron chi connectivity index (χ4n) is 3.48. The maximum Gasteiger partial charge on any atom is 0.320 e. The molecular weight excluding hydrogens is 314 g/mol. The highest BCUT2D eigenvalue weighted by Crippen LogP contribution is 2.36. The number of rotatable bonds is 1. The molecule has 5 nitrogen and oxygen atoms in total. The summed E-state index contributed by atoms with van der Waals surface area (Å²) in [6.45, 7) is 5.59. The van der Waals surface area contributed by atoms with Gasteiger partial charge < -0.3 is 20.2 Å². The summed E-state index contributed by atoms with van der Waals surface area (Å²) in [7, 11) is 0. The van der Waals surface area contributed by atoms with E-state index in [1.807, 2.05) is 28.0 Å². The Bertz CT molecular complexity index is 573. The van der Waals surface area contributed by atoms with Crippen molar-refractivity contribution in [2.24, 2.45) is 0 Å². The first-order valence-electron chi connectivity index (χ1n) is 8.25. The van der Waals surface area contributed by atoms with E-state index in [9.17, 15) is 9.90 Å². The Morgan fingerprint density at radius 2 is 2.00 bits per heavy atom. The molecule has 2 heterocycles. The van der Waals surface area contributed by atoms with Gasteiger partial charge in [-0.3, -0.25) is 0 Å². The van der Waals surface area contributed by atoms with Crippen LogP contribution in [0.25, 0.3) is 0 Å². The first-order valence-corrected chi connectivity index (χ1v) is 8.63. The molecule has 2 N–H and O–H groups in total. The molecule has 1 unspecified atom stereocenters. The minimum atomic E-state index is -0.940. The smallest absolute Gasteiger partial charge is 0.320 e. The van der Waals surface area contributed by atoms with Crippen molar-refractivity contribution < 1.29 is 9.90 Å². The van der Waals surface area contributed by atoms with E-state index in [0.717, 1.165) is 25.2 Å². The van der Waals surface area contributed by atoms with Crippen LogP contribution in [0.5, 0.6) is 0 Å². The highest BCUT2D eigenvalue weighted by molar-refractivity contribution is 6.31. The molecular formula is C17H24ClN3O2. The predicted octanol–water partition coefficient (Wildman–Crippen LogP) is 2.04. The van der Waals surface area contributed by atoms with Gasteiger partial charge in [-0.2, -0.15) is 0 Å². The van der Waals surface area contributed by atoms with E-state index in [1.165, 1.54) is 0 Å². The number of piperazine rings is 1. The van der Waals surface area contributed by atoms with Gasteiger partial charge in [0.2, 0.25) is 0 Å². The molecule has 23 heavy (non-hydrogen) atoms. The predicted molar refractivity (Wildman–Crippen MR) is 90.6 cm³/mol. The Morgan fingerprint density at radius 3 is 2.65 bits per heavy atom. The van der Waals surface area contributed by atoms with Gasteiger partial charge >= 0.3 is 6.03 Å². The Balaban J connectivity index is 1.66. The lowest BCUT2D eigenvalue weighted by Gasteiger charge is -2.43. The molecule has 1 atom stereocenters. The number of carbonyl (C=O) groups is 1. The molecule has 126 valence electrons. The summed E-state index contributed by atoms with van der Waals surface area (Å²) in [4.78, 5) is 16.5. The lowest BCUT2D eigenvalue weighted by molar-refractivity contribution is -0.0210. The van der Waals surface area contributed by atoms with E-state index in [0.29, 0.717) is 31.0 Å². The molecule has 1 aromatic carbocycles. The maximum atomic E-state index is 12.7. The molecule has 1 aromatic rings. The van der Waals surface area contributed by atoms with Gasteiger partial charge in [0, 0.05) is 49.4 Å². The van der Waals surface area contributed by atoms with Crippen molar-refractivity contribution in [2.75, 3.05) is 32.7 Å². The Hall–Kier alpha value is -1.30. The van der Waals surface area contributed by atoms with E-state index in [1.54, 1.807) is 6.07 Å². The number of urea groups is 1. The van der Waals surface area contributed by atoms with Crippen molar-refractivity contribution in [3.8, 4) is 0 Å². The number of carbonyl (C=O) groups excluding carboxylic acids is 1. The highest BCUT2D eigenvalue weighted by atomic mass is 35.5. The Kier molecular flexibility index (Phi) is 4.80. The quantitative estimate of drug-likeness (QED) is 0.824. The SMILES string of the molecule is CC1CNCCN1C(=O)N1CCC(O)(c2ccccc2Cl)CC1. The van der Waals surface area contributed by atoms with Crippen LogP contribution in [0.1, 0.15) is 25.3 Å². The fourth-order valence-corrected chi connectivity index (χ4v) is 3.79. The molecule has 2 aliphatic rings. The van der Waals surface area contributed by atoms with Crippen molar-refractivity contribution in [1.82, 2.24) is 15.1 Å². The molecule has 0 aromatic heterocycles. The molecule has 2 fully saturated rings. The van der Waals surface area contributed by atoms with Gasteiger partial charge in [0.05, 0.1) is 5.60 Å². The van der Waals surface area contributed by atoms with Gasteiger partial charge in [0.25, 0.3) is 0 Å². The summed E-state index contributed by atoms with van der Waals surface area (Å²) in [6.07, 6.45) is 1.03. The minimum Gasteiger partial charge on any atom is -0.385 e. The lowest BCUT2D eigenvalue weighted by atomic mass is 9.84. The van der Waals surface area contributed by atoms with Gasteiger partial charge in [0.1, 0.15) is 0 Å². The van der Waals surface area contributed by atoms with Crippen LogP contribution in [-0.2, 0) is 5.60 Å². The fraction of sp³-hybridized carbons (Fsp3) is 0.588. The zero-order chi connectivity index (χ0) is 16.4. The number of aliphatic hydroxyl groups is 1. The number of halogens is 1. The van der Waals surface area contributed by atoms with E-state index in [-0.39, 0.29) is 12.1 Å². The zero-order valence-corrected chi connectivity index (χ0v) is 14.2. The van der Waals surface area contributed by atoms with Crippen LogP contribution in [-0.4, -0.2) is 59.7 Å². The second-order valence-corrected chi connectivity index (χ2v) is 6.93. The third-order valence-electron chi connectivity index (χ3n) is 4.98. The normalized spacial score (nSPS) is 24.6. The van der Waals surface area contributed by atoms with E-state index >= 15 is 0 Å². The van der Waals surface area contributed by atoms with Crippen molar-refractivity contribution >= 4 is 17.6 Å². The van der Waals surface area contributed by atoms with Crippen molar-refractivity contribution in [3.05, 3.63) is 34.9 Å². The monoisotopic (exact) mass is 337 g/mol. The number of piperidine rings is 1. The summed E-state index contributed by atoms with van der Waals surface area (Å²) in [6, 6.07) is 7.71. The summed E-state index contributed by atoms with van der Waals surface area (Å²) >= 11 is 6.23. The zero-order valence-electron chi connectivity index (χ0n) is 13.5. The van der Waals surface area contributed by atoms with Crippen LogP contribution in [0.4, 0.5) is 4.79 Å². The van der Waals surface area contributed by atoms with Crippen LogP contribution in [0.15, 0.2) is 24.3 Å². The van der Waals surface area contributed by atoms with Crippen LogP contribution < -0.4 is 5.32 Å². The first kappa shape index (κ1) is 16.6. The van der Waals surface area contributed by atoms with Gasteiger partial charge in [-0.1, -0.05) is 29.8 Å². The number of amides is 2. The Morgan fingerprint density at radius 1 is 1.30 bits per heavy atom. The number of hydrogen-bond donors (Lipinski definition) is 2. The molecule has 6 heteroatoms. The summed E-state index contributed by atoms with van der Waals surface area (Å²) in [5.41, 5.74) is -0.172. The van der Waals surface area contributed by atoms with Gasteiger partial charge in [-0.15, -0.1) is 0 Å². The molecule has 3 rings (SSSR count). The second kappa shape index (κ2) is 6.67. The largest absolute Gasteiger partial charge is 0.385 e. The number of likely N-dealkylation sites (tertiary alicyclic amines) is 1. The number of nitrogens with one attached hydrogen (secondary N) is 1. The number of nitrogens with zero attached hydrogens (tertiary/aromatic N) is 2. The van der Waals surface area contributed by atoms with Crippen LogP contribution in [0.3, 0.4) is 0 Å². The summed E-state index contributed by atoms with van der Waals surface area (Å²) < 4.78 is 0. The van der Waals surface area contributed by atoms with Crippen molar-refractivity contribution in [3.63, 3.8) is 0 Å². The number of benzene rings is 1. The van der Waals surface area contributed by atoms with Crippen LogP contribution in [0.2, 0.25) is 5.02 Å². The molecule has 2 amide bonds. The lowest BCUT2D eigenvalue weighted by Crippen LogP contribution is -2.58. The molecule has 2 saturated heterocycles.